The molecule has 27 heavy (non-hydrogen) atoms. The van der Waals surface area contributed by atoms with E-state index in [-0.39, 0.29) is 12.5 Å². The third kappa shape index (κ3) is 6.28. The molecule has 3 aromatic carbocycles. The first kappa shape index (κ1) is 18.7. The molecule has 0 atom stereocenters. The van der Waals surface area contributed by atoms with E-state index >= 15 is 0 Å². The molecule has 3 aromatic rings. The van der Waals surface area contributed by atoms with Crippen molar-refractivity contribution in [3.05, 3.63) is 95.6 Å². The molecular formula is C23H24N2O2. The van der Waals surface area contributed by atoms with Crippen LogP contribution in [0.4, 0.5) is 5.69 Å². The monoisotopic (exact) mass is 360 g/mol. The lowest BCUT2D eigenvalue weighted by atomic mass is 10.2. The van der Waals surface area contributed by atoms with Gasteiger partial charge in [0, 0.05) is 18.8 Å². The number of carbonyl (C=O) groups excluding carboxylic acids is 1. The minimum atomic E-state index is -0.175. The topological polar surface area (TPSA) is 50.4 Å². The molecule has 1 amide bonds. The van der Waals surface area contributed by atoms with Crippen LogP contribution in [0.1, 0.15) is 16.7 Å². The average Bonchev–Trinajstić information content (AvgIpc) is 2.69. The predicted molar refractivity (Wildman–Crippen MR) is 109 cm³/mol. The first-order valence-electron chi connectivity index (χ1n) is 9.02. The molecule has 0 aliphatic rings. The van der Waals surface area contributed by atoms with Gasteiger partial charge in [-0.1, -0.05) is 60.2 Å². The van der Waals surface area contributed by atoms with Crippen LogP contribution in [0.15, 0.2) is 78.9 Å². The quantitative estimate of drug-likeness (QED) is 0.630. The van der Waals surface area contributed by atoms with Crippen molar-refractivity contribution >= 4 is 11.6 Å². The van der Waals surface area contributed by atoms with Gasteiger partial charge in [0.15, 0.2) is 6.61 Å². The van der Waals surface area contributed by atoms with Crippen LogP contribution >= 0.6 is 0 Å². The average molecular weight is 360 g/mol. The molecule has 0 heterocycles. The lowest BCUT2D eigenvalue weighted by Crippen LogP contribution is -2.20. The number of ether oxygens (including phenoxy) is 1. The van der Waals surface area contributed by atoms with Gasteiger partial charge in [-0.15, -0.1) is 0 Å². The van der Waals surface area contributed by atoms with E-state index in [0.717, 1.165) is 29.9 Å². The summed E-state index contributed by atoms with van der Waals surface area (Å²) in [5.74, 6) is 0.513. The standard InChI is InChI=1S/C23H24N2O2/c1-18-10-12-21(13-11-18)25-23(26)17-27-22-9-5-8-20(14-22)16-24-15-19-6-3-2-4-7-19/h2-14,24H,15-17H2,1H3,(H,25,26). The highest BCUT2D eigenvalue weighted by molar-refractivity contribution is 5.91. The molecule has 0 aliphatic heterocycles. The Morgan fingerprint density at radius 2 is 1.56 bits per heavy atom. The van der Waals surface area contributed by atoms with Crippen LogP contribution in [-0.4, -0.2) is 12.5 Å². The summed E-state index contributed by atoms with van der Waals surface area (Å²) >= 11 is 0. The molecule has 0 spiro atoms. The maximum atomic E-state index is 12.0. The number of nitrogens with one attached hydrogen (secondary N) is 2. The minimum absolute atomic E-state index is 0.0191. The fourth-order valence-electron chi connectivity index (χ4n) is 2.68. The molecule has 4 nitrogen and oxygen atoms in total. The Bertz CT molecular complexity index is 861. The largest absolute Gasteiger partial charge is 0.484 e. The molecule has 0 unspecified atom stereocenters. The maximum Gasteiger partial charge on any atom is 0.262 e. The van der Waals surface area contributed by atoms with Crippen molar-refractivity contribution in [2.24, 2.45) is 0 Å². The number of aryl methyl sites for hydroxylation is 1. The van der Waals surface area contributed by atoms with Crippen LogP contribution in [0.5, 0.6) is 5.75 Å². The zero-order valence-electron chi connectivity index (χ0n) is 15.4. The van der Waals surface area contributed by atoms with Crippen LogP contribution in [0.25, 0.3) is 0 Å². The molecule has 4 heteroatoms. The van der Waals surface area contributed by atoms with Crippen molar-refractivity contribution in [3.63, 3.8) is 0 Å². The third-order valence-corrected chi connectivity index (χ3v) is 4.10. The summed E-state index contributed by atoms with van der Waals surface area (Å²) in [7, 11) is 0. The summed E-state index contributed by atoms with van der Waals surface area (Å²) in [5.41, 5.74) is 4.29. The van der Waals surface area contributed by atoms with Crippen molar-refractivity contribution in [1.82, 2.24) is 5.32 Å². The van der Waals surface area contributed by atoms with Gasteiger partial charge in [0.05, 0.1) is 0 Å². The molecule has 0 aromatic heterocycles. The zero-order valence-corrected chi connectivity index (χ0v) is 15.4. The Morgan fingerprint density at radius 3 is 2.33 bits per heavy atom. The second-order valence-corrected chi connectivity index (χ2v) is 6.44. The summed E-state index contributed by atoms with van der Waals surface area (Å²) in [4.78, 5) is 12.0. The summed E-state index contributed by atoms with van der Waals surface area (Å²) in [6.07, 6.45) is 0. The molecule has 0 radical (unpaired) electrons. The Kier molecular flexibility index (Phi) is 6.61. The first-order valence-corrected chi connectivity index (χ1v) is 9.02. The van der Waals surface area contributed by atoms with Gasteiger partial charge < -0.3 is 15.4 Å². The second kappa shape index (κ2) is 9.55. The molecule has 138 valence electrons. The number of carbonyl (C=O) groups is 1. The number of anilines is 1. The number of benzene rings is 3. The van der Waals surface area contributed by atoms with Crippen molar-refractivity contribution in [2.45, 2.75) is 20.0 Å². The van der Waals surface area contributed by atoms with Gasteiger partial charge in [-0.25, -0.2) is 0 Å². The van der Waals surface area contributed by atoms with Gasteiger partial charge in [-0.05, 0) is 42.3 Å². The van der Waals surface area contributed by atoms with Gasteiger partial charge in [0.2, 0.25) is 0 Å². The fraction of sp³-hybridized carbons (Fsp3) is 0.174. The van der Waals surface area contributed by atoms with Gasteiger partial charge in [0.25, 0.3) is 5.91 Å². The predicted octanol–water partition coefficient (Wildman–Crippen LogP) is 4.30. The maximum absolute atomic E-state index is 12.0. The molecule has 2 N–H and O–H groups in total. The summed E-state index contributed by atoms with van der Waals surface area (Å²) in [5, 5.41) is 6.24. The van der Waals surface area contributed by atoms with Crippen LogP contribution in [0.3, 0.4) is 0 Å². The van der Waals surface area contributed by atoms with Crippen molar-refractivity contribution in [3.8, 4) is 5.75 Å². The zero-order chi connectivity index (χ0) is 18.9. The molecule has 3 rings (SSSR count). The molecular weight excluding hydrogens is 336 g/mol. The van der Waals surface area contributed by atoms with E-state index in [1.165, 1.54) is 5.56 Å². The van der Waals surface area contributed by atoms with Crippen LogP contribution < -0.4 is 15.4 Å². The van der Waals surface area contributed by atoms with Crippen molar-refractivity contribution < 1.29 is 9.53 Å². The minimum Gasteiger partial charge on any atom is -0.484 e. The number of amides is 1. The van der Waals surface area contributed by atoms with E-state index in [1.807, 2.05) is 73.7 Å². The molecule has 0 bridgehead atoms. The first-order chi connectivity index (χ1) is 13.2. The van der Waals surface area contributed by atoms with Gasteiger partial charge in [-0.3, -0.25) is 4.79 Å². The molecule has 0 aliphatic carbocycles. The van der Waals surface area contributed by atoms with E-state index in [0.29, 0.717) is 5.75 Å². The number of hydrogen-bond donors (Lipinski definition) is 2. The Morgan fingerprint density at radius 1 is 0.852 bits per heavy atom. The van der Waals surface area contributed by atoms with Gasteiger partial charge in [-0.2, -0.15) is 0 Å². The third-order valence-electron chi connectivity index (χ3n) is 4.10. The molecule has 0 fully saturated rings. The van der Waals surface area contributed by atoms with Crippen molar-refractivity contribution in [2.75, 3.05) is 11.9 Å². The molecule has 0 saturated carbocycles. The normalized spacial score (nSPS) is 10.4. The summed E-state index contributed by atoms with van der Waals surface area (Å²) in [6.45, 7) is 3.54. The van der Waals surface area contributed by atoms with Gasteiger partial charge in [0.1, 0.15) is 5.75 Å². The fourth-order valence-corrected chi connectivity index (χ4v) is 2.68. The SMILES string of the molecule is Cc1ccc(NC(=O)COc2cccc(CNCc3ccccc3)c2)cc1. The second-order valence-electron chi connectivity index (χ2n) is 6.44. The Labute approximate surface area is 160 Å². The highest BCUT2D eigenvalue weighted by atomic mass is 16.5. The molecule has 0 saturated heterocycles. The highest BCUT2D eigenvalue weighted by Gasteiger charge is 2.04. The van der Waals surface area contributed by atoms with Crippen LogP contribution in [0.2, 0.25) is 0 Å². The van der Waals surface area contributed by atoms with E-state index in [9.17, 15) is 4.79 Å². The lowest BCUT2D eigenvalue weighted by molar-refractivity contribution is -0.118. The van der Waals surface area contributed by atoms with Crippen LogP contribution in [0, 0.1) is 6.92 Å². The lowest BCUT2D eigenvalue weighted by Gasteiger charge is -2.10. The van der Waals surface area contributed by atoms with Gasteiger partial charge >= 0.3 is 0 Å². The number of hydrogen-bond acceptors (Lipinski definition) is 3. The van der Waals surface area contributed by atoms with E-state index in [1.54, 1.807) is 0 Å². The number of rotatable bonds is 8. The van der Waals surface area contributed by atoms with Crippen LogP contribution in [-0.2, 0) is 17.9 Å². The smallest absolute Gasteiger partial charge is 0.262 e. The van der Waals surface area contributed by atoms with E-state index < -0.39 is 0 Å². The Balaban J connectivity index is 1.45. The summed E-state index contributed by atoms with van der Waals surface area (Å²) < 4.78 is 5.63. The Hall–Kier alpha value is -3.11. The highest BCUT2D eigenvalue weighted by Crippen LogP contribution is 2.14. The van der Waals surface area contributed by atoms with E-state index in [4.69, 9.17) is 4.74 Å². The van der Waals surface area contributed by atoms with Crippen molar-refractivity contribution in [1.29, 1.82) is 0 Å². The van der Waals surface area contributed by atoms with E-state index in [2.05, 4.69) is 22.8 Å². The summed E-state index contributed by atoms with van der Waals surface area (Å²) in [6, 6.07) is 25.8.